The number of aromatic nitrogens is 2. The topological polar surface area (TPSA) is 66.9 Å². The van der Waals surface area contributed by atoms with Crippen LogP contribution in [0.3, 0.4) is 0 Å². The molecule has 0 spiro atoms. The van der Waals surface area contributed by atoms with Crippen LogP contribution in [0.25, 0.3) is 10.9 Å². The van der Waals surface area contributed by atoms with Crippen molar-refractivity contribution in [1.29, 1.82) is 0 Å². The Morgan fingerprint density at radius 3 is 2.56 bits per heavy atom. The molecule has 3 aromatic rings. The van der Waals surface area contributed by atoms with Crippen molar-refractivity contribution in [2.45, 2.75) is 26.7 Å². The summed E-state index contributed by atoms with van der Waals surface area (Å²) in [6.45, 7) is 4.76. The van der Waals surface area contributed by atoms with Gasteiger partial charge in [-0.25, -0.2) is 9.97 Å². The lowest BCUT2D eigenvalue weighted by Crippen LogP contribution is -2.26. The van der Waals surface area contributed by atoms with Gasteiger partial charge >= 0.3 is 0 Å². The largest absolute Gasteiger partial charge is 0.349 e. The molecule has 2 N–H and O–H groups in total. The summed E-state index contributed by atoms with van der Waals surface area (Å²) < 4.78 is 0. The Morgan fingerprint density at radius 1 is 1.04 bits per heavy atom. The number of para-hydroxylation sites is 1. The van der Waals surface area contributed by atoms with E-state index in [-0.39, 0.29) is 11.7 Å². The molecule has 0 saturated heterocycles. The molecule has 0 bridgehead atoms. The van der Waals surface area contributed by atoms with Crippen LogP contribution in [-0.2, 0) is 0 Å². The van der Waals surface area contributed by atoms with Crippen molar-refractivity contribution in [3.63, 3.8) is 0 Å². The summed E-state index contributed by atoms with van der Waals surface area (Å²) >= 11 is 0. The van der Waals surface area contributed by atoms with Crippen LogP contribution in [0.15, 0.2) is 48.5 Å². The van der Waals surface area contributed by atoms with E-state index in [9.17, 15) is 4.79 Å². The fourth-order valence-corrected chi connectivity index (χ4v) is 2.50. The fourth-order valence-electron chi connectivity index (χ4n) is 2.50. The van der Waals surface area contributed by atoms with Gasteiger partial charge in [-0.2, -0.15) is 0 Å². The third-order valence-electron chi connectivity index (χ3n) is 3.94. The highest BCUT2D eigenvalue weighted by Gasteiger charge is 2.13. The number of hydrogen-bond acceptors (Lipinski definition) is 4. The molecule has 0 saturated carbocycles. The Morgan fingerprint density at radius 2 is 1.80 bits per heavy atom. The van der Waals surface area contributed by atoms with Crippen molar-refractivity contribution in [1.82, 2.24) is 15.3 Å². The van der Waals surface area contributed by atoms with Gasteiger partial charge in [-0.3, -0.25) is 4.79 Å². The second-order valence-corrected chi connectivity index (χ2v) is 6.01. The standard InChI is InChI=1S/C20H22N4O/c1-3-4-13-21-20(25)19-23-17-8-6-5-7-16(17)18(24-19)22-15-11-9-14(2)10-12-15/h5-12H,3-4,13H2,1-2H3,(H,21,25)(H,22,23,24). The Balaban J connectivity index is 1.94. The maximum Gasteiger partial charge on any atom is 0.289 e. The molecule has 0 radical (unpaired) electrons. The summed E-state index contributed by atoms with van der Waals surface area (Å²) in [7, 11) is 0. The van der Waals surface area contributed by atoms with Crippen LogP contribution in [0.5, 0.6) is 0 Å². The van der Waals surface area contributed by atoms with Crippen LogP contribution in [0.4, 0.5) is 11.5 Å². The molecular formula is C20H22N4O. The monoisotopic (exact) mass is 334 g/mol. The summed E-state index contributed by atoms with van der Waals surface area (Å²) in [6.07, 6.45) is 1.97. The first-order chi connectivity index (χ1) is 12.2. The molecule has 25 heavy (non-hydrogen) atoms. The van der Waals surface area contributed by atoms with Crippen LogP contribution >= 0.6 is 0 Å². The molecular weight excluding hydrogens is 312 g/mol. The SMILES string of the molecule is CCCCNC(=O)c1nc(Nc2ccc(C)cc2)c2ccccc2n1. The number of hydrogen-bond donors (Lipinski definition) is 2. The van der Waals surface area contributed by atoms with Crippen molar-refractivity contribution in [2.24, 2.45) is 0 Å². The van der Waals surface area contributed by atoms with Gasteiger partial charge in [-0.15, -0.1) is 0 Å². The van der Waals surface area contributed by atoms with E-state index in [1.54, 1.807) is 0 Å². The molecule has 0 aliphatic heterocycles. The number of carbonyl (C=O) groups is 1. The minimum Gasteiger partial charge on any atom is -0.349 e. The molecule has 3 rings (SSSR count). The van der Waals surface area contributed by atoms with E-state index in [0.717, 1.165) is 29.4 Å². The summed E-state index contributed by atoms with van der Waals surface area (Å²) in [5.41, 5.74) is 2.86. The molecule has 0 fully saturated rings. The van der Waals surface area contributed by atoms with Crippen LogP contribution in [0.2, 0.25) is 0 Å². The predicted octanol–water partition coefficient (Wildman–Crippen LogP) is 4.21. The highest BCUT2D eigenvalue weighted by Crippen LogP contribution is 2.24. The van der Waals surface area contributed by atoms with Crippen molar-refractivity contribution in [3.05, 3.63) is 59.9 Å². The summed E-state index contributed by atoms with van der Waals surface area (Å²) in [5.74, 6) is 0.575. The average molecular weight is 334 g/mol. The number of anilines is 2. The van der Waals surface area contributed by atoms with Crippen molar-refractivity contribution >= 4 is 28.3 Å². The quantitative estimate of drug-likeness (QED) is 0.663. The number of nitrogens with one attached hydrogen (secondary N) is 2. The number of nitrogens with zero attached hydrogens (tertiary/aromatic N) is 2. The number of benzene rings is 2. The van der Waals surface area contributed by atoms with Gasteiger partial charge in [0, 0.05) is 17.6 Å². The molecule has 0 unspecified atom stereocenters. The zero-order chi connectivity index (χ0) is 17.6. The Bertz CT molecular complexity index is 875. The first-order valence-corrected chi connectivity index (χ1v) is 8.56. The first kappa shape index (κ1) is 16.9. The number of carbonyl (C=O) groups excluding carboxylic acids is 1. The number of fused-ring (bicyclic) bond motifs is 1. The maximum atomic E-state index is 12.3. The van der Waals surface area contributed by atoms with Crippen LogP contribution in [0.1, 0.15) is 35.9 Å². The molecule has 1 aromatic heterocycles. The van der Waals surface area contributed by atoms with Gasteiger partial charge in [0.2, 0.25) is 5.82 Å². The molecule has 5 heteroatoms. The fraction of sp³-hybridized carbons (Fsp3) is 0.250. The van der Waals surface area contributed by atoms with E-state index in [0.29, 0.717) is 12.4 Å². The number of aryl methyl sites for hydroxylation is 1. The van der Waals surface area contributed by atoms with E-state index in [4.69, 9.17) is 0 Å². The van der Waals surface area contributed by atoms with Gasteiger partial charge in [-0.05, 0) is 37.6 Å². The highest BCUT2D eigenvalue weighted by atomic mass is 16.2. The maximum absolute atomic E-state index is 12.3. The van der Waals surface area contributed by atoms with E-state index in [1.165, 1.54) is 5.56 Å². The molecule has 1 heterocycles. The van der Waals surface area contributed by atoms with Crippen LogP contribution in [0, 0.1) is 6.92 Å². The lowest BCUT2D eigenvalue weighted by molar-refractivity contribution is 0.0943. The molecule has 0 aliphatic carbocycles. The second-order valence-electron chi connectivity index (χ2n) is 6.01. The van der Waals surface area contributed by atoms with Gasteiger partial charge in [-0.1, -0.05) is 43.2 Å². The predicted molar refractivity (Wildman–Crippen MR) is 101 cm³/mol. The van der Waals surface area contributed by atoms with Crippen molar-refractivity contribution in [3.8, 4) is 0 Å². The Labute approximate surface area is 147 Å². The molecule has 0 aliphatic rings. The Kier molecular flexibility index (Phi) is 5.23. The molecule has 5 nitrogen and oxygen atoms in total. The van der Waals surface area contributed by atoms with Gasteiger partial charge in [0.25, 0.3) is 5.91 Å². The normalized spacial score (nSPS) is 10.6. The minimum absolute atomic E-state index is 0.185. The van der Waals surface area contributed by atoms with Crippen molar-refractivity contribution < 1.29 is 4.79 Å². The van der Waals surface area contributed by atoms with E-state index < -0.39 is 0 Å². The van der Waals surface area contributed by atoms with Crippen LogP contribution in [-0.4, -0.2) is 22.4 Å². The van der Waals surface area contributed by atoms with Gasteiger partial charge in [0.15, 0.2) is 0 Å². The second kappa shape index (κ2) is 7.75. The average Bonchev–Trinajstić information content (AvgIpc) is 2.63. The third-order valence-corrected chi connectivity index (χ3v) is 3.94. The zero-order valence-electron chi connectivity index (χ0n) is 14.5. The van der Waals surface area contributed by atoms with Gasteiger partial charge in [0.05, 0.1) is 5.52 Å². The van der Waals surface area contributed by atoms with E-state index >= 15 is 0 Å². The summed E-state index contributed by atoms with van der Waals surface area (Å²) in [5, 5.41) is 7.06. The van der Waals surface area contributed by atoms with Gasteiger partial charge in [0.1, 0.15) is 5.82 Å². The summed E-state index contributed by atoms with van der Waals surface area (Å²) in [6, 6.07) is 15.7. The summed E-state index contributed by atoms with van der Waals surface area (Å²) in [4.78, 5) is 21.2. The van der Waals surface area contributed by atoms with E-state index in [2.05, 4.69) is 27.5 Å². The van der Waals surface area contributed by atoms with Crippen molar-refractivity contribution in [2.75, 3.05) is 11.9 Å². The molecule has 0 atom stereocenters. The lowest BCUT2D eigenvalue weighted by atomic mass is 10.2. The van der Waals surface area contributed by atoms with Crippen LogP contribution < -0.4 is 10.6 Å². The number of amides is 1. The third kappa shape index (κ3) is 4.12. The molecule has 2 aromatic carbocycles. The van der Waals surface area contributed by atoms with Gasteiger partial charge < -0.3 is 10.6 Å². The number of unbranched alkanes of at least 4 members (excludes halogenated alkanes) is 1. The highest BCUT2D eigenvalue weighted by molar-refractivity contribution is 5.97. The smallest absolute Gasteiger partial charge is 0.289 e. The number of rotatable bonds is 6. The van der Waals surface area contributed by atoms with E-state index in [1.807, 2.05) is 55.5 Å². The minimum atomic E-state index is -0.244. The molecule has 128 valence electrons. The first-order valence-electron chi connectivity index (χ1n) is 8.56. The molecule has 1 amide bonds. The lowest BCUT2D eigenvalue weighted by Gasteiger charge is -2.11. The zero-order valence-corrected chi connectivity index (χ0v) is 14.5. The Hall–Kier alpha value is -2.95.